The summed E-state index contributed by atoms with van der Waals surface area (Å²) in [7, 11) is 1.98. The van der Waals surface area contributed by atoms with E-state index >= 15 is 4.79 Å². The van der Waals surface area contributed by atoms with E-state index in [0.29, 0.717) is 81.4 Å². The molecule has 29 heteroatoms. The maximum Gasteiger partial charge on any atom is 0.513 e. The Balaban J connectivity index is 0.000000619. The minimum Gasteiger partial charge on any atom is -0.490 e. The molecule has 0 radical (unpaired) electrons. The van der Waals surface area contributed by atoms with Crippen LogP contribution in [0.25, 0.3) is 5.57 Å². The number of aryl methyl sites for hydroxylation is 1. The maximum atomic E-state index is 15.5. The van der Waals surface area contributed by atoms with E-state index in [1.54, 1.807) is 71.8 Å². The van der Waals surface area contributed by atoms with Gasteiger partial charge in [-0.25, -0.2) is 14.6 Å². The summed E-state index contributed by atoms with van der Waals surface area (Å²) in [4.78, 5) is 106. The molecule has 4 aliphatic rings. The summed E-state index contributed by atoms with van der Waals surface area (Å²) in [6.07, 6.45) is 2.59. The first-order valence-electron chi connectivity index (χ1n) is 28.4. The molecule has 6 aromatic rings. The zero-order chi connectivity index (χ0) is 64.8. The smallest absolute Gasteiger partial charge is 0.490 e. The van der Waals surface area contributed by atoms with Crippen LogP contribution in [-0.2, 0) is 55.2 Å². The van der Waals surface area contributed by atoms with Gasteiger partial charge in [0.25, 0.3) is 27.6 Å². The molecule has 1 spiro atoms. The van der Waals surface area contributed by atoms with Crippen LogP contribution >= 0.6 is 23.2 Å². The molecule has 10 rings (SSSR count). The van der Waals surface area contributed by atoms with Gasteiger partial charge >= 0.3 is 12.2 Å². The number of halogens is 2. The minimum absolute atomic E-state index is 0.0103. The Kier molecular flexibility index (Phi) is 21.6. The summed E-state index contributed by atoms with van der Waals surface area (Å²) in [5, 5.41) is 29.4. The highest BCUT2D eigenvalue weighted by molar-refractivity contribution is 6.37. The lowest BCUT2D eigenvalue weighted by Crippen LogP contribution is -2.69. The molecule has 2 saturated heterocycles. The molecule has 1 aromatic heterocycles. The van der Waals surface area contributed by atoms with Crippen LogP contribution in [-0.4, -0.2) is 124 Å². The first-order chi connectivity index (χ1) is 43.8. The second kappa shape index (κ2) is 30.0. The van der Waals surface area contributed by atoms with E-state index in [1.807, 2.05) is 56.1 Å². The summed E-state index contributed by atoms with van der Waals surface area (Å²) in [5.74, 6) is 1.92. The van der Waals surface area contributed by atoms with Crippen molar-refractivity contribution in [1.29, 1.82) is 0 Å². The Morgan fingerprint density at radius 1 is 0.714 bits per heavy atom. The topological polar surface area (TPSA) is 313 Å². The average molecular weight is 1300 g/mol. The van der Waals surface area contributed by atoms with Crippen LogP contribution < -0.4 is 28.4 Å². The normalized spacial score (nSPS) is 16.9. The van der Waals surface area contributed by atoms with Crippen molar-refractivity contribution in [2.24, 2.45) is 5.41 Å². The third-order valence-electron chi connectivity index (χ3n) is 15.4. The summed E-state index contributed by atoms with van der Waals surface area (Å²) in [6, 6.07) is 31.4. The predicted molar refractivity (Wildman–Crippen MR) is 322 cm³/mol. The average Bonchev–Trinajstić information content (AvgIpc) is 1.51. The van der Waals surface area contributed by atoms with Crippen molar-refractivity contribution in [3.8, 4) is 34.6 Å². The van der Waals surface area contributed by atoms with E-state index in [1.165, 1.54) is 24.3 Å². The van der Waals surface area contributed by atoms with Crippen LogP contribution in [0.15, 0.2) is 127 Å². The number of likely N-dealkylation sites (N-methyl/N-ethyl adjacent to an activating group) is 1. The van der Waals surface area contributed by atoms with Gasteiger partial charge in [0.1, 0.15) is 56.0 Å². The number of allylic oxidation sites excluding steroid dienone is 1. The second-order valence-electron chi connectivity index (χ2n) is 21.5. The van der Waals surface area contributed by atoms with Crippen molar-refractivity contribution in [2.75, 3.05) is 46.6 Å². The van der Waals surface area contributed by atoms with Crippen LogP contribution in [0.3, 0.4) is 0 Å². The van der Waals surface area contributed by atoms with Gasteiger partial charge in [0.2, 0.25) is 5.88 Å². The lowest BCUT2D eigenvalue weighted by molar-refractivity contribution is -0.763. The van der Waals surface area contributed by atoms with E-state index in [-0.39, 0.29) is 94.8 Å². The van der Waals surface area contributed by atoms with E-state index in [0.717, 1.165) is 40.7 Å². The Labute approximate surface area is 530 Å². The molecule has 5 aromatic carbocycles. The first-order valence-corrected chi connectivity index (χ1v) is 29.2. The zero-order valence-corrected chi connectivity index (χ0v) is 50.8. The summed E-state index contributed by atoms with van der Waals surface area (Å²) >= 11 is 12.8. The van der Waals surface area contributed by atoms with Crippen LogP contribution in [0.1, 0.15) is 64.6 Å². The Morgan fingerprint density at radius 3 is 1.89 bits per heavy atom. The maximum absolute atomic E-state index is 15.5. The summed E-state index contributed by atoms with van der Waals surface area (Å²) in [5.41, 5.74) is 5.84. The predicted octanol–water partition coefficient (Wildman–Crippen LogP) is 10.3. The number of amides is 2. The van der Waals surface area contributed by atoms with Crippen molar-refractivity contribution in [2.45, 2.75) is 84.0 Å². The molecule has 0 bridgehead atoms. The number of carbonyl (C=O) groups excluding carboxylic acids is 4. The zero-order valence-electron chi connectivity index (χ0n) is 49.3. The Morgan fingerprint density at radius 2 is 1.30 bits per heavy atom. The van der Waals surface area contributed by atoms with Crippen molar-refractivity contribution in [3.63, 3.8) is 0 Å². The van der Waals surface area contributed by atoms with Gasteiger partial charge < -0.3 is 57.5 Å². The van der Waals surface area contributed by atoms with Gasteiger partial charge in [-0.05, 0) is 146 Å². The number of hydrogen-bond donors (Lipinski definition) is 0. The van der Waals surface area contributed by atoms with Crippen molar-refractivity contribution >= 4 is 53.4 Å². The van der Waals surface area contributed by atoms with Crippen LogP contribution in [0, 0.1) is 49.6 Å². The fraction of sp³-hybridized carbons (Fsp3) is 0.339. The van der Waals surface area contributed by atoms with Gasteiger partial charge in [-0.3, -0.25) is 14.5 Å². The molecule has 27 nitrogen and oxygen atoms in total. The molecule has 3 fully saturated rings. The van der Waals surface area contributed by atoms with E-state index in [2.05, 4.69) is 29.1 Å². The third kappa shape index (κ3) is 16.8. The van der Waals surface area contributed by atoms with Gasteiger partial charge in [-0.1, -0.05) is 71.7 Å². The van der Waals surface area contributed by atoms with Gasteiger partial charge in [0.05, 0.1) is 23.3 Å². The molecule has 2 amide bonds. The van der Waals surface area contributed by atoms with E-state index in [9.17, 15) is 44.7 Å². The number of hydrogen-bond acceptors (Lipinski definition) is 22. The van der Waals surface area contributed by atoms with E-state index in [4.69, 9.17) is 51.6 Å². The quantitative estimate of drug-likeness (QED) is 0.0110. The molecule has 3 heterocycles. The highest BCUT2D eigenvalue weighted by Crippen LogP contribution is 2.62. The SMILES string of the molecule is Cc1cc(Cl)c(OCCOc2ccc(C3=C(C(=O)N(Cc4ccnc(OCCCOC(=O)Oc5cccc(CO[N+](=O)[O-])c5)c4C)C4CC4)C4N(C)C5CN(C(=O)Oc6cccc(CO[N+](=O)[O-])c6)CC54C3)cc2)c(Cl)c1.O=COc1cccc(CO[N+](=O)[O-])c1. The van der Waals surface area contributed by atoms with Gasteiger partial charge in [0, 0.05) is 66.9 Å². The fourth-order valence-electron chi connectivity index (χ4n) is 11.3. The molecule has 478 valence electrons. The number of ether oxygens (including phenoxy) is 7. The van der Waals surface area contributed by atoms with Gasteiger partial charge in [-0.2, -0.15) is 0 Å². The molecular weight excluding hydrogens is 1230 g/mol. The molecule has 91 heavy (non-hydrogen) atoms. The van der Waals surface area contributed by atoms with E-state index < -0.39 is 32.9 Å². The monoisotopic (exact) mass is 1290 g/mol. The number of likely N-dealkylation sites (tertiary alicyclic amines) is 2. The first kappa shape index (κ1) is 65.5. The highest BCUT2D eigenvalue weighted by atomic mass is 35.5. The van der Waals surface area contributed by atoms with Crippen molar-refractivity contribution in [3.05, 3.63) is 206 Å². The minimum atomic E-state index is -0.955. The number of aromatic nitrogens is 1. The van der Waals surface area contributed by atoms with Crippen LogP contribution in [0.2, 0.25) is 10.0 Å². The largest absolute Gasteiger partial charge is 0.513 e. The lowest BCUT2D eigenvalue weighted by atomic mass is 9.66. The highest BCUT2D eigenvalue weighted by Gasteiger charge is 2.69. The molecule has 3 unspecified atom stereocenters. The second-order valence-corrected chi connectivity index (χ2v) is 22.3. The van der Waals surface area contributed by atoms with Crippen molar-refractivity contribution in [1.82, 2.24) is 19.7 Å². The lowest BCUT2D eigenvalue weighted by Gasteiger charge is -2.56. The van der Waals surface area contributed by atoms with Crippen molar-refractivity contribution < 1.29 is 82.1 Å². The van der Waals surface area contributed by atoms with Crippen LogP contribution in [0.4, 0.5) is 9.59 Å². The van der Waals surface area contributed by atoms with Gasteiger partial charge in [0.15, 0.2) is 5.75 Å². The standard InChI is InChI=1S/C54H54Cl2N6O15.C8H7NO5/c1-33-23-44(55)48(45(56)24-33)71-22-21-70-40-15-11-37(12-16-40)43-27-54-32-59(52(64)76-41-9-4-7-35(25-41)30-74-61(66)67)29-46(54)58(3)49(54)47(43)51(63)60(39-13-14-39)28-38-17-18-57-50(34(38)2)72-19-6-20-73-53(65)77-42-10-5-8-36(26-42)31-75-62(68)69;10-6-13-8-3-1-2-7(4-8)5-14-9(11)12/h4-5,7-12,15-18,23-26,39,46,49H,6,13-14,19-22,27-32H2,1-3H3;1-4,6H,5H2. The molecule has 0 N–H and O–H groups in total. The Hall–Kier alpha value is -9.99. The number of rotatable bonds is 28. The number of benzene rings is 5. The third-order valence-corrected chi connectivity index (χ3v) is 16.0. The number of carbonyl (C=O) groups is 4. The fourth-order valence-corrected chi connectivity index (χ4v) is 12.0. The molecule has 2 aliphatic heterocycles. The summed E-state index contributed by atoms with van der Waals surface area (Å²) < 4.78 is 38.8. The number of nitrogens with zero attached hydrogens (tertiary/aromatic N) is 7. The molecule has 1 saturated carbocycles. The Bertz CT molecular complexity index is 3680. The van der Waals surface area contributed by atoms with Crippen LogP contribution in [0.5, 0.6) is 34.6 Å². The van der Waals surface area contributed by atoms with Gasteiger partial charge in [-0.15, -0.1) is 30.3 Å². The molecular formula is C62H61Cl2N7O20. The molecule has 2 aliphatic carbocycles. The summed E-state index contributed by atoms with van der Waals surface area (Å²) in [6.45, 7) is 4.79. The molecule has 3 atom stereocenters. The number of pyridine rings is 1.